The van der Waals surface area contributed by atoms with E-state index in [0.717, 1.165) is 6.42 Å². The Labute approximate surface area is 118 Å². The summed E-state index contributed by atoms with van der Waals surface area (Å²) in [6.07, 6.45) is 7.11. The van der Waals surface area contributed by atoms with Crippen molar-refractivity contribution in [3.05, 3.63) is 0 Å². The number of hydrogen-bond donors (Lipinski definition) is 1. The molecule has 1 aliphatic heterocycles. The second-order valence-corrected chi connectivity index (χ2v) is 6.68. The molecular weight excluding hydrogens is 261 g/mol. The highest BCUT2D eigenvalue weighted by Gasteiger charge is 2.53. The van der Waals surface area contributed by atoms with Crippen LogP contribution in [0.3, 0.4) is 0 Å². The van der Waals surface area contributed by atoms with Gasteiger partial charge in [-0.3, -0.25) is 4.79 Å². The molecule has 0 spiro atoms. The molecule has 3 atom stereocenters. The maximum Gasteiger partial charge on any atom is 0.343 e. The number of carbonyl (C=O) groups excluding carboxylic acids is 1. The van der Waals surface area contributed by atoms with Crippen LogP contribution in [0.25, 0.3) is 0 Å². The van der Waals surface area contributed by atoms with Crippen LogP contribution in [0.15, 0.2) is 0 Å². The SMILES string of the molecule is O=C(C1CC1C1CCCCC1)N1CCC(F)(C(=O)O)C1. The van der Waals surface area contributed by atoms with E-state index in [4.69, 9.17) is 5.11 Å². The maximum absolute atomic E-state index is 14.0. The van der Waals surface area contributed by atoms with E-state index in [1.165, 1.54) is 37.0 Å². The molecule has 112 valence electrons. The highest BCUT2D eigenvalue weighted by atomic mass is 19.1. The Kier molecular flexibility index (Phi) is 3.46. The van der Waals surface area contributed by atoms with Gasteiger partial charge in [0.25, 0.3) is 0 Å². The Morgan fingerprint density at radius 2 is 1.90 bits per heavy atom. The molecule has 2 aliphatic carbocycles. The van der Waals surface area contributed by atoms with Gasteiger partial charge in [-0.2, -0.15) is 0 Å². The first-order chi connectivity index (χ1) is 9.51. The molecule has 5 heteroatoms. The topological polar surface area (TPSA) is 57.6 Å². The van der Waals surface area contributed by atoms with Gasteiger partial charge in [0.1, 0.15) is 0 Å². The fourth-order valence-corrected chi connectivity index (χ4v) is 3.95. The number of likely N-dealkylation sites (tertiary alicyclic amines) is 1. The van der Waals surface area contributed by atoms with Gasteiger partial charge in [0.2, 0.25) is 11.6 Å². The highest BCUT2D eigenvalue weighted by Crippen LogP contribution is 2.50. The maximum atomic E-state index is 14.0. The van der Waals surface area contributed by atoms with Crippen LogP contribution in [-0.4, -0.2) is 40.6 Å². The van der Waals surface area contributed by atoms with Gasteiger partial charge in [-0.15, -0.1) is 0 Å². The van der Waals surface area contributed by atoms with E-state index in [1.807, 2.05) is 0 Å². The molecule has 1 heterocycles. The molecule has 3 unspecified atom stereocenters. The highest BCUT2D eigenvalue weighted by molar-refractivity contribution is 5.85. The van der Waals surface area contributed by atoms with Crippen molar-refractivity contribution in [1.82, 2.24) is 4.90 Å². The van der Waals surface area contributed by atoms with E-state index in [0.29, 0.717) is 11.8 Å². The van der Waals surface area contributed by atoms with Gasteiger partial charge in [0.05, 0.1) is 6.54 Å². The first kappa shape index (κ1) is 13.8. The van der Waals surface area contributed by atoms with Gasteiger partial charge in [0, 0.05) is 18.9 Å². The minimum absolute atomic E-state index is 0.0126. The number of carboxylic acids is 1. The minimum atomic E-state index is -2.23. The molecule has 4 nitrogen and oxygen atoms in total. The van der Waals surface area contributed by atoms with Crippen LogP contribution in [0.5, 0.6) is 0 Å². The molecule has 0 aromatic rings. The lowest BCUT2D eigenvalue weighted by Crippen LogP contribution is -2.39. The normalized spacial score (nSPS) is 38.0. The number of amides is 1. The minimum Gasteiger partial charge on any atom is -0.479 e. The van der Waals surface area contributed by atoms with Crippen LogP contribution in [0.1, 0.15) is 44.9 Å². The van der Waals surface area contributed by atoms with E-state index in [1.54, 1.807) is 0 Å². The number of carboxylic acid groups (broad SMARTS) is 1. The standard InChI is InChI=1S/C15H22FNO3/c16-15(14(19)20)6-7-17(9-15)13(18)12-8-11(12)10-4-2-1-3-5-10/h10-12H,1-9H2,(H,19,20). The average molecular weight is 283 g/mol. The lowest BCUT2D eigenvalue weighted by Gasteiger charge is -2.23. The molecule has 20 heavy (non-hydrogen) atoms. The molecule has 0 bridgehead atoms. The van der Waals surface area contributed by atoms with Gasteiger partial charge in [-0.05, 0) is 18.3 Å². The molecule has 0 aromatic heterocycles. The number of nitrogens with zero attached hydrogens (tertiary/aromatic N) is 1. The van der Waals surface area contributed by atoms with Crippen molar-refractivity contribution >= 4 is 11.9 Å². The zero-order chi connectivity index (χ0) is 14.3. The number of rotatable bonds is 3. The molecule has 3 rings (SSSR count). The van der Waals surface area contributed by atoms with Gasteiger partial charge in [0.15, 0.2) is 0 Å². The fourth-order valence-electron chi connectivity index (χ4n) is 3.95. The van der Waals surface area contributed by atoms with Crippen molar-refractivity contribution in [2.75, 3.05) is 13.1 Å². The van der Waals surface area contributed by atoms with Crippen molar-refractivity contribution < 1.29 is 19.1 Å². The number of aliphatic carboxylic acids is 1. The Balaban J connectivity index is 1.55. The molecule has 0 radical (unpaired) electrons. The van der Waals surface area contributed by atoms with E-state index in [-0.39, 0.29) is 31.3 Å². The Bertz CT molecular complexity index is 421. The lowest BCUT2D eigenvalue weighted by atomic mass is 9.85. The van der Waals surface area contributed by atoms with Gasteiger partial charge in [-0.1, -0.05) is 32.1 Å². The third-order valence-corrected chi connectivity index (χ3v) is 5.33. The molecule has 2 saturated carbocycles. The average Bonchev–Trinajstić information content (AvgIpc) is 3.15. The summed E-state index contributed by atoms with van der Waals surface area (Å²) in [5, 5.41) is 8.87. The third kappa shape index (κ3) is 2.42. The Morgan fingerprint density at radius 1 is 1.20 bits per heavy atom. The summed E-state index contributed by atoms with van der Waals surface area (Å²) in [4.78, 5) is 24.6. The zero-order valence-corrected chi connectivity index (χ0v) is 11.7. The van der Waals surface area contributed by atoms with Crippen LogP contribution < -0.4 is 0 Å². The summed E-state index contributed by atoms with van der Waals surface area (Å²) >= 11 is 0. The second-order valence-electron chi connectivity index (χ2n) is 6.68. The van der Waals surface area contributed by atoms with Crippen molar-refractivity contribution in [2.45, 2.75) is 50.6 Å². The van der Waals surface area contributed by atoms with Crippen molar-refractivity contribution in [3.8, 4) is 0 Å². The van der Waals surface area contributed by atoms with Crippen LogP contribution in [0.2, 0.25) is 0 Å². The number of hydrogen-bond acceptors (Lipinski definition) is 2. The molecule has 1 amide bonds. The Hall–Kier alpha value is -1.13. The van der Waals surface area contributed by atoms with Crippen LogP contribution in [-0.2, 0) is 9.59 Å². The van der Waals surface area contributed by atoms with E-state index in [9.17, 15) is 14.0 Å². The molecule has 0 aromatic carbocycles. The fraction of sp³-hybridized carbons (Fsp3) is 0.867. The first-order valence-electron chi connectivity index (χ1n) is 7.72. The molecular formula is C15H22FNO3. The summed E-state index contributed by atoms with van der Waals surface area (Å²) in [5.74, 6) is -0.278. The van der Waals surface area contributed by atoms with E-state index < -0.39 is 11.6 Å². The lowest BCUT2D eigenvalue weighted by molar-refractivity contribution is -0.150. The molecule has 1 saturated heterocycles. The van der Waals surface area contributed by atoms with Crippen molar-refractivity contribution in [1.29, 1.82) is 0 Å². The summed E-state index contributed by atoms with van der Waals surface area (Å²) in [6.45, 7) is -0.0232. The monoisotopic (exact) mass is 283 g/mol. The summed E-state index contributed by atoms with van der Waals surface area (Å²) in [6, 6.07) is 0. The van der Waals surface area contributed by atoms with E-state index in [2.05, 4.69) is 0 Å². The number of carbonyl (C=O) groups is 2. The molecule has 3 aliphatic rings. The first-order valence-corrected chi connectivity index (χ1v) is 7.72. The smallest absolute Gasteiger partial charge is 0.343 e. The van der Waals surface area contributed by atoms with Gasteiger partial charge in [-0.25, -0.2) is 9.18 Å². The third-order valence-electron chi connectivity index (χ3n) is 5.33. The van der Waals surface area contributed by atoms with Gasteiger partial charge < -0.3 is 10.0 Å². The van der Waals surface area contributed by atoms with E-state index >= 15 is 0 Å². The predicted molar refractivity (Wildman–Crippen MR) is 70.8 cm³/mol. The second kappa shape index (κ2) is 5.01. The van der Waals surface area contributed by atoms with Crippen LogP contribution >= 0.6 is 0 Å². The van der Waals surface area contributed by atoms with Crippen LogP contribution in [0, 0.1) is 17.8 Å². The summed E-state index contributed by atoms with van der Waals surface area (Å²) < 4.78 is 14.0. The molecule has 3 fully saturated rings. The van der Waals surface area contributed by atoms with Crippen molar-refractivity contribution in [2.24, 2.45) is 17.8 Å². The van der Waals surface area contributed by atoms with Gasteiger partial charge >= 0.3 is 5.97 Å². The summed E-state index contributed by atoms with van der Waals surface area (Å²) in [7, 11) is 0. The zero-order valence-electron chi connectivity index (χ0n) is 11.7. The predicted octanol–water partition coefficient (Wildman–Crippen LogP) is 2.23. The summed E-state index contributed by atoms with van der Waals surface area (Å²) in [5.41, 5.74) is -2.23. The largest absolute Gasteiger partial charge is 0.479 e. The number of halogens is 1. The Morgan fingerprint density at radius 3 is 2.50 bits per heavy atom. The van der Waals surface area contributed by atoms with Crippen LogP contribution in [0.4, 0.5) is 4.39 Å². The van der Waals surface area contributed by atoms with Crippen molar-refractivity contribution in [3.63, 3.8) is 0 Å². The molecule has 1 N–H and O–H groups in total. The quantitative estimate of drug-likeness (QED) is 0.864. The number of alkyl halides is 1.